The number of aliphatic hydroxyl groups is 1. The minimum atomic E-state index is -0.592. The zero-order valence-corrected chi connectivity index (χ0v) is 23.2. The topological polar surface area (TPSA) is 126 Å². The third-order valence-corrected chi connectivity index (χ3v) is 7.71. The fourth-order valence-electron chi connectivity index (χ4n) is 5.16. The highest BCUT2D eigenvalue weighted by Crippen LogP contribution is 2.34. The van der Waals surface area contributed by atoms with Crippen LogP contribution in [0.3, 0.4) is 0 Å². The van der Waals surface area contributed by atoms with Gasteiger partial charge in [0.2, 0.25) is 17.7 Å². The summed E-state index contributed by atoms with van der Waals surface area (Å²) in [6, 6.07) is 3.79. The molecule has 2 N–H and O–H groups in total. The van der Waals surface area contributed by atoms with Gasteiger partial charge in [-0.3, -0.25) is 4.79 Å². The van der Waals surface area contributed by atoms with Gasteiger partial charge in [-0.1, -0.05) is 13.8 Å². The first-order chi connectivity index (χ1) is 18.7. The van der Waals surface area contributed by atoms with Gasteiger partial charge in [-0.2, -0.15) is 4.98 Å². The van der Waals surface area contributed by atoms with Gasteiger partial charge in [0.05, 0.1) is 17.6 Å². The van der Waals surface area contributed by atoms with Crippen LogP contribution in [0.5, 0.6) is 5.88 Å². The summed E-state index contributed by atoms with van der Waals surface area (Å²) in [6.07, 6.45) is 5.22. The highest BCUT2D eigenvalue weighted by atomic mass is 16.5. The molecule has 3 aromatic rings. The number of carbonyl (C=O) groups is 1. The minimum Gasteiger partial charge on any atom is -0.474 e. The first kappa shape index (κ1) is 27.0. The van der Waals surface area contributed by atoms with Gasteiger partial charge in [-0.15, -0.1) is 0 Å². The Morgan fingerprint density at radius 2 is 1.90 bits per heavy atom. The number of ether oxygens (including phenoxy) is 2. The summed E-state index contributed by atoms with van der Waals surface area (Å²) in [6.45, 7) is 10.4. The van der Waals surface area contributed by atoms with E-state index in [-0.39, 0.29) is 30.0 Å². The lowest BCUT2D eigenvalue weighted by Gasteiger charge is -2.41. The maximum Gasteiger partial charge on any atom is 0.227 e. The zero-order chi connectivity index (χ0) is 27.7. The number of pyridine rings is 2. The van der Waals surface area contributed by atoms with Crippen LogP contribution < -0.4 is 15.0 Å². The minimum absolute atomic E-state index is 0.0779. The van der Waals surface area contributed by atoms with E-state index in [1.807, 2.05) is 29.0 Å². The highest BCUT2D eigenvalue weighted by Gasteiger charge is 2.34. The molecular formula is C28H37N7O4. The molecule has 11 heteroatoms. The van der Waals surface area contributed by atoms with E-state index in [2.05, 4.69) is 39.1 Å². The number of amides is 1. The van der Waals surface area contributed by atoms with Gasteiger partial charge >= 0.3 is 0 Å². The van der Waals surface area contributed by atoms with Crippen molar-refractivity contribution in [3.63, 3.8) is 0 Å². The van der Waals surface area contributed by atoms with Crippen molar-refractivity contribution in [1.29, 1.82) is 0 Å². The molecule has 5 heterocycles. The van der Waals surface area contributed by atoms with Gasteiger partial charge in [0, 0.05) is 64.7 Å². The lowest BCUT2D eigenvalue weighted by atomic mass is 9.94. The number of nitrogens with zero attached hydrogens (tertiary/aromatic N) is 6. The maximum atomic E-state index is 11.6. The predicted octanol–water partition coefficient (Wildman–Crippen LogP) is 3.12. The summed E-state index contributed by atoms with van der Waals surface area (Å²) in [5, 5.41) is 15.5. The van der Waals surface area contributed by atoms with Gasteiger partial charge < -0.3 is 29.7 Å². The second-order valence-corrected chi connectivity index (χ2v) is 10.7. The van der Waals surface area contributed by atoms with E-state index in [0.717, 1.165) is 16.3 Å². The smallest absolute Gasteiger partial charge is 0.227 e. The van der Waals surface area contributed by atoms with Crippen LogP contribution in [0.25, 0.3) is 10.8 Å². The number of piperidine rings is 1. The standard InChI is InChI=1S/C28H37N7O4/c1-16(2)21-11-31-27(39-17(3)19-13-35(14-19)18(4)36)22-12-30-26(10-20(21)22)32-25-6-8-29-28(33-25)34-9-7-24(38-5)23(37)15-34/h6,8,10-12,16-17,19,23-24,37H,7,9,13-15H2,1-5H3,(H,29,30,32,33)/t17-,23-,24-/m0/s1. The summed E-state index contributed by atoms with van der Waals surface area (Å²) in [5.74, 6) is 2.97. The summed E-state index contributed by atoms with van der Waals surface area (Å²) >= 11 is 0. The summed E-state index contributed by atoms with van der Waals surface area (Å²) < 4.78 is 11.6. The summed E-state index contributed by atoms with van der Waals surface area (Å²) in [7, 11) is 1.62. The number of aliphatic hydroxyl groups excluding tert-OH is 1. The zero-order valence-electron chi connectivity index (χ0n) is 23.2. The molecule has 2 aliphatic heterocycles. The molecule has 0 unspecified atom stereocenters. The molecule has 2 fully saturated rings. The average Bonchev–Trinajstić information content (AvgIpc) is 2.87. The number of rotatable bonds is 8. The molecule has 1 amide bonds. The Labute approximate surface area is 228 Å². The van der Waals surface area contributed by atoms with Crippen LogP contribution >= 0.6 is 0 Å². The van der Waals surface area contributed by atoms with Crippen molar-refractivity contribution in [2.24, 2.45) is 5.92 Å². The van der Waals surface area contributed by atoms with E-state index in [9.17, 15) is 9.90 Å². The van der Waals surface area contributed by atoms with E-state index in [1.165, 1.54) is 0 Å². The molecular weight excluding hydrogens is 498 g/mol. The maximum absolute atomic E-state index is 11.6. The Balaban J connectivity index is 1.35. The quantitative estimate of drug-likeness (QED) is 0.444. The predicted molar refractivity (Wildman–Crippen MR) is 148 cm³/mol. The molecule has 2 aliphatic rings. The van der Waals surface area contributed by atoms with Gasteiger partial charge in [0.15, 0.2) is 0 Å². The first-order valence-electron chi connectivity index (χ1n) is 13.5. The van der Waals surface area contributed by atoms with Gasteiger partial charge in [-0.05, 0) is 42.3 Å². The molecule has 3 aromatic heterocycles. The Morgan fingerprint density at radius 3 is 2.59 bits per heavy atom. The number of nitrogens with one attached hydrogen (secondary N) is 1. The number of likely N-dealkylation sites (tertiary alicyclic amines) is 1. The van der Waals surface area contributed by atoms with Crippen LogP contribution in [-0.2, 0) is 9.53 Å². The molecule has 0 saturated carbocycles. The monoisotopic (exact) mass is 535 g/mol. The van der Waals surface area contributed by atoms with Crippen molar-refractivity contribution >= 4 is 34.3 Å². The van der Waals surface area contributed by atoms with Crippen LogP contribution in [0, 0.1) is 5.92 Å². The Kier molecular flexibility index (Phi) is 7.81. The largest absolute Gasteiger partial charge is 0.474 e. The van der Waals surface area contributed by atoms with Gasteiger partial charge in [-0.25, -0.2) is 15.0 Å². The SMILES string of the molecule is CO[C@H]1CCN(c2nccc(Nc3cc4c(C(C)C)cnc(O[C@@H](C)C5CN(C(C)=O)C5)c4cn3)n2)C[C@@H]1O. The van der Waals surface area contributed by atoms with Crippen molar-refractivity contribution in [3.05, 3.63) is 36.3 Å². The second-order valence-electron chi connectivity index (χ2n) is 10.7. The average molecular weight is 536 g/mol. The molecule has 2 saturated heterocycles. The van der Waals surface area contributed by atoms with E-state index >= 15 is 0 Å². The van der Waals surface area contributed by atoms with Crippen LogP contribution in [0.4, 0.5) is 17.6 Å². The molecule has 39 heavy (non-hydrogen) atoms. The first-order valence-corrected chi connectivity index (χ1v) is 13.5. The lowest BCUT2D eigenvalue weighted by Crippen LogP contribution is -2.54. The summed E-state index contributed by atoms with van der Waals surface area (Å²) in [4.78, 5) is 33.7. The van der Waals surface area contributed by atoms with Crippen LogP contribution in [0.2, 0.25) is 0 Å². The van der Waals surface area contributed by atoms with Crippen molar-refractivity contribution in [3.8, 4) is 5.88 Å². The van der Waals surface area contributed by atoms with Gasteiger partial charge in [0.1, 0.15) is 17.7 Å². The molecule has 208 valence electrons. The Bertz CT molecular complexity index is 1330. The van der Waals surface area contributed by atoms with Crippen molar-refractivity contribution < 1.29 is 19.4 Å². The molecule has 3 atom stereocenters. The highest BCUT2D eigenvalue weighted by molar-refractivity contribution is 5.91. The molecule has 0 aliphatic carbocycles. The molecule has 11 nitrogen and oxygen atoms in total. The van der Waals surface area contributed by atoms with E-state index in [4.69, 9.17) is 9.47 Å². The number of fused-ring (bicyclic) bond motifs is 1. The van der Waals surface area contributed by atoms with Gasteiger partial charge in [0.25, 0.3) is 0 Å². The lowest BCUT2D eigenvalue weighted by molar-refractivity contribution is -0.137. The third-order valence-electron chi connectivity index (χ3n) is 7.71. The molecule has 0 spiro atoms. The van der Waals surface area contributed by atoms with Crippen LogP contribution in [0.15, 0.2) is 30.7 Å². The van der Waals surface area contributed by atoms with E-state index < -0.39 is 6.10 Å². The second kappa shape index (κ2) is 11.3. The van der Waals surface area contributed by atoms with Crippen LogP contribution in [0.1, 0.15) is 45.6 Å². The number of carbonyl (C=O) groups excluding carboxylic acids is 1. The summed E-state index contributed by atoms with van der Waals surface area (Å²) in [5.41, 5.74) is 1.10. The van der Waals surface area contributed by atoms with Crippen molar-refractivity contribution in [2.75, 3.05) is 43.5 Å². The van der Waals surface area contributed by atoms with Crippen molar-refractivity contribution in [2.45, 2.75) is 58.3 Å². The fraction of sp³-hybridized carbons (Fsp3) is 0.536. The number of anilines is 3. The number of β-amino-alcohol motifs (C(OH)–C–C–N with tert-alkyl or cyclic N) is 1. The number of methoxy groups -OCH3 is 1. The third kappa shape index (κ3) is 5.74. The fourth-order valence-corrected chi connectivity index (χ4v) is 5.16. The van der Waals surface area contributed by atoms with Crippen molar-refractivity contribution in [1.82, 2.24) is 24.8 Å². The molecule has 0 bridgehead atoms. The van der Waals surface area contributed by atoms with Crippen LogP contribution in [-0.4, -0.2) is 87.5 Å². The Hall–Kier alpha value is -3.57. The van der Waals surface area contributed by atoms with E-state index in [0.29, 0.717) is 56.1 Å². The van der Waals surface area contributed by atoms with E-state index in [1.54, 1.807) is 32.5 Å². The number of hydrogen-bond acceptors (Lipinski definition) is 10. The molecule has 0 radical (unpaired) electrons. The number of hydrogen-bond donors (Lipinski definition) is 2. The normalized spacial score (nSPS) is 20.7. The molecule has 5 rings (SSSR count). The molecule has 0 aromatic carbocycles. The Morgan fingerprint density at radius 1 is 1.10 bits per heavy atom. The number of aromatic nitrogens is 4.